The van der Waals surface area contributed by atoms with E-state index in [-0.39, 0.29) is 16.9 Å². The molecule has 5 rings (SSSR count). The van der Waals surface area contributed by atoms with Crippen molar-refractivity contribution in [2.24, 2.45) is 28.6 Å². The van der Waals surface area contributed by atoms with Crippen molar-refractivity contribution in [2.75, 3.05) is 0 Å². The number of carbonyl (C=O) groups excluding carboxylic acids is 3. The molecule has 5 N–H and O–H groups in total. The summed E-state index contributed by atoms with van der Waals surface area (Å²) in [5.41, 5.74) is -6.75. The van der Waals surface area contributed by atoms with E-state index < -0.39 is 80.1 Å². The number of aliphatic hydroxyl groups is 4. The molecule has 1 aromatic carbocycles. The second-order valence-electron chi connectivity index (χ2n) is 15.7. The zero-order chi connectivity index (χ0) is 33.6. The van der Waals surface area contributed by atoms with Crippen molar-refractivity contribution < 1.29 is 39.9 Å². The summed E-state index contributed by atoms with van der Waals surface area (Å²) >= 11 is 0. The molecule has 0 aromatic heterocycles. The molecular weight excluding hydrogens is 572 g/mol. The van der Waals surface area contributed by atoms with Crippen LogP contribution >= 0.6 is 0 Å². The van der Waals surface area contributed by atoms with Gasteiger partial charge in [-0.3, -0.25) is 14.4 Å². The van der Waals surface area contributed by atoms with E-state index >= 15 is 0 Å². The van der Waals surface area contributed by atoms with Crippen molar-refractivity contribution in [1.82, 2.24) is 0 Å². The minimum absolute atomic E-state index is 0.0175. The summed E-state index contributed by atoms with van der Waals surface area (Å²) in [4.78, 5) is 41.1. The van der Waals surface area contributed by atoms with Crippen LogP contribution in [0.1, 0.15) is 128 Å². The molecule has 0 bridgehead atoms. The molecule has 1 unspecified atom stereocenters. The lowest BCUT2D eigenvalue weighted by Gasteiger charge is -2.63. The Morgan fingerprint density at radius 3 is 2.22 bits per heavy atom. The SMILES string of the molecule is CC(=O)C1=C(O)C(C(C)C)[C@@]2(C)[C@H](O)[C@]3(C)C(=C(O)[C@@]2(O)C1=O)C(=O)c1c(ccc(C(C)(C)CCCC2CCCC2)c1O)[C@H]3C. The highest BCUT2D eigenvalue weighted by Gasteiger charge is 2.76. The molecule has 0 radical (unpaired) electrons. The third kappa shape index (κ3) is 4.27. The summed E-state index contributed by atoms with van der Waals surface area (Å²) < 4.78 is 0. The van der Waals surface area contributed by atoms with Crippen LogP contribution in [0.4, 0.5) is 0 Å². The molecule has 0 saturated heterocycles. The van der Waals surface area contributed by atoms with Crippen LogP contribution in [0.3, 0.4) is 0 Å². The van der Waals surface area contributed by atoms with Gasteiger partial charge in [0.15, 0.2) is 17.2 Å². The Hall–Kier alpha value is -2.97. The fraction of sp³-hybridized carbons (Fsp3) is 0.649. The number of phenols is 1. The maximum absolute atomic E-state index is 14.5. The fourth-order valence-electron chi connectivity index (χ4n) is 9.75. The molecule has 246 valence electrons. The Kier molecular flexibility index (Phi) is 8.01. The number of aromatic hydroxyl groups is 1. The Labute approximate surface area is 266 Å². The molecule has 0 spiro atoms. The van der Waals surface area contributed by atoms with Gasteiger partial charge in [0.1, 0.15) is 22.8 Å². The van der Waals surface area contributed by atoms with Crippen LogP contribution in [0.15, 0.2) is 34.8 Å². The number of phenolic OH excluding ortho intramolecular Hbond substituents is 1. The second kappa shape index (κ2) is 10.8. The van der Waals surface area contributed by atoms with Gasteiger partial charge in [0.25, 0.3) is 0 Å². The largest absolute Gasteiger partial charge is 0.511 e. The lowest BCUT2D eigenvalue weighted by molar-refractivity contribution is -0.211. The van der Waals surface area contributed by atoms with Gasteiger partial charge < -0.3 is 25.5 Å². The minimum atomic E-state index is -2.89. The monoisotopic (exact) mass is 622 g/mol. The van der Waals surface area contributed by atoms with Gasteiger partial charge in [-0.05, 0) is 42.1 Å². The number of aliphatic hydroxyl groups excluding tert-OH is 3. The first-order chi connectivity index (χ1) is 20.8. The molecule has 1 aromatic rings. The summed E-state index contributed by atoms with van der Waals surface area (Å²) in [5, 5.41) is 59.7. The molecule has 8 nitrogen and oxygen atoms in total. The topological polar surface area (TPSA) is 152 Å². The van der Waals surface area contributed by atoms with Crippen LogP contribution in [0.5, 0.6) is 5.75 Å². The standard InChI is InChI=1S/C37H50O8/c1-18(2)26-29(40)24(20(4)38)31(42)37(45)32(43)27-30(41)25-22(19(3)35(27,7)33(44)36(26,37)8)15-16-23(28(25)39)34(5,6)17-11-14-21-12-9-10-13-21/h15-16,18-19,21,26,33,39-40,43-45H,9-14,17H2,1-8H3/t19-,26?,33-,35+,36+,37+/m1/s1. The van der Waals surface area contributed by atoms with Crippen LogP contribution in [0.2, 0.25) is 0 Å². The van der Waals surface area contributed by atoms with E-state index in [1.807, 2.05) is 19.9 Å². The summed E-state index contributed by atoms with van der Waals surface area (Å²) in [6, 6.07) is 3.64. The smallest absolute Gasteiger partial charge is 0.209 e. The van der Waals surface area contributed by atoms with Crippen LogP contribution in [-0.2, 0) is 15.0 Å². The Balaban J connectivity index is 1.68. The predicted octanol–water partition coefficient (Wildman–Crippen LogP) is 6.52. The summed E-state index contributed by atoms with van der Waals surface area (Å²) in [6.07, 6.45) is 6.36. The van der Waals surface area contributed by atoms with Gasteiger partial charge in [-0.1, -0.05) is 99.1 Å². The number of Topliss-reactive ketones (excluding diaryl/α,β-unsaturated/α-hetero) is 3. The van der Waals surface area contributed by atoms with Crippen molar-refractivity contribution in [2.45, 2.75) is 123 Å². The Bertz CT molecular complexity index is 1520. The zero-order valence-corrected chi connectivity index (χ0v) is 28.0. The normalized spacial score (nSPS) is 33.9. The third-order valence-corrected chi connectivity index (χ3v) is 12.5. The maximum Gasteiger partial charge on any atom is 0.209 e. The molecular formula is C37H50O8. The van der Waals surface area contributed by atoms with Crippen LogP contribution < -0.4 is 0 Å². The Morgan fingerprint density at radius 1 is 1.07 bits per heavy atom. The van der Waals surface area contributed by atoms with E-state index in [9.17, 15) is 39.9 Å². The van der Waals surface area contributed by atoms with E-state index in [1.165, 1.54) is 32.6 Å². The number of fused-ring (bicyclic) bond motifs is 3. The molecule has 8 heteroatoms. The third-order valence-electron chi connectivity index (χ3n) is 12.5. The minimum Gasteiger partial charge on any atom is -0.511 e. The van der Waals surface area contributed by atoms with Crippen molar-refractivity contribution in [3.63, 3.8) is 0 Å². The Morgan fingerprint density at radius 2 is 1.67 bits per heavy atom. The number of rotatable bonds is 7. The molecule has 4 aliphatic rings. The van der Waals surface area contributed by atoms with E-state index in [1.54, 1.807) is 33.8 Å². The fourth-order valence-corrected chi connectivity index (χ4v) is 9.75. The average molecular weight is 623 g/mol. The molecule has 1 fully saturated rings. The molecule has 0 heterocycles. The van der Waals surface area contributed by atoms with Crippen molar-refractivity contribution in [3.05, 3.63) is 51.5 Å². The number of ketones is 3. The van der Waals surface area contributed by atoms with E-state index in [4.69, 9.17) is 0 Å². The molecule has 0 amide bonds. The first-order valence-corrected chi connectivity index (χ1v) is 16.6. The molecule has 0 aliphatic heterocycles. The predicted molar refractivity (Wildman–Crippen MR) is 170 cm³/mol. The van der Waals surface area contributed by atoms with Crippen molar-refractivity contribution >= 4 is 17.3 Å². The first kappa shape index (κ1) is 33.4. The first-order valence-electron chi connectivity index (χ1n) is 16.6. The zero-order valence-electron chi connectivity index (χ0n) is 28.0. The second-order valence-corrected chi connectivity index (χ2v) is 15.7. The van der Waals surface area contributed by atoms with Gasteiger partial charge >= 0.3 is 0 Å². The number of carbonyl (C=O) groups is 3. The average Bonchev–Trinajstić information content (AvgIpc) is 3.46. The van der Waals surface area contributed by atoms with E-state index in [2.05, 4.69) is 0 Å². The van der Waals surface area contributed by atoms with Gasteiger partial charge in [-0.15, -0.1) is 0 Å². The molecule has 45 heavy (non-hydrogen) atoms. The molecule has 4 aliphatic carbocycles. The highest BCUT2D eigenvalue weighted by atomic mass is 16.4. The van der Waals surface area contributed by atoms with Crippen molar-refractivity contribution in [1.29, 1.82) is 0 Å². The number of allylic oxidation sites excluding steroid dienone is 1. The van der Waals surface area contributed by atoms with Gasteiger partial charge in [0.2, 0.25) is 5.78 Å². The van der Waals surface area contributed by atoms with Gasteiger partial charge in [0, 0.05) is 22.3 Å². The van der Waals surface area contributed by atoms with Gasteiger partial charge in [-0.25, -0.2) is 0 Å². The summed E-state index contributed by atoms with van der Waals surface area (Å²) in [6.45, 7) is 13.4. The quantitative estimate of drug-likeness (QED) is 0.216. The lowest BCUT2D eigenvalue weighted by Crippen LogP contribution is -2.73. The van der Waals surface area contributed by atoms with E-state index in [0.717, 1.165) is 32.1 Å². The van der Waals surface area contributed by atoms with Crippen LogP contribution in [0, 0.1) is 28.6 Å². The molecule has 1 saturated carbocycles. The summed E-state index contributed by atoms with van der Waals surface area (Å²) in [5.74, 6) is -6.05. The number of hydrogen-bond acceptors (Lipinski definition) is 8. The maximum atomic E-state index is 14.5. The van der Waals surface area contributed by atoms with Crippen LogP contribution in [0.25, 0.3) is 0 Å². The van der Waals surface area contributed by atoms with E-state index in [0.29, 0.717) is 11.1 Å². The summed E-state index contributed by atoms with van der Waals surface area (Å²) in [7, 11) is 0. The lowest BCUT2D eigenvalue weighted by atomic mass is 9.41. The highest BCUT2D eigenvalue weighted by molar-refractivity contribution is 6.25. The molecule has 6 atom stereocenters. The number of hydrogen-bond donors (Lipinski definition) is 5. The van der Waals surface area contributed by atoms with Crippen LogP contribution in [-0.4, -0.2) is 54.6 Å². The van der Waals surface area contributed by atoms with Crippen molar-refractivity contribution in [3.8, 4) is 5.75 Å². The van der Waals surface area contributed by atoms with Gasteiger partial charge in [-0.2, -0.15) is 0 Å². The number of benzene rings is 1. The van der Waals surface area contributed by atoms with Gasteiger partial charge in [0.05, 0.1) is 17.2 Å². The highest BCUT2D eigenvalue weighted by Crippen LogP contribution is 2.67.